The van der Waals surface area contributed by atoms with Crippen LogP contribution >= 0.6 is 23.2 Å². The Labute approximate surface area is 72.7 Å². The van der Waals surface area contributed by atoms with Crippen LogP contribution in [0.4, 0.5) is 0 Å². The van der Waals surface area contributed by atoms with Gasteiger partial charge in [-0.3, -0.25) is 0 Å². The van der Waals surface area contributed by atoms with Crippen LogP contribution < -0.4 is 0 Å². The van der Waals surface area contributed by atoms with E-state index in [9.17, 15) is 0 Å². The summed E-state index contributed by atoms with van der Waals surface area (Å²) in [6.45, 7) is 0. The van der Waals surface area contributed by atoms with E-state index in [1.54, 1.807) is 18.3 Å². The fourth-order valence-corrected chi connectivity index (χ4v) is 1.25. The molecule has 0 bridgehead atoms. The predicted octanol–water partition coefficient (Wildman–Crippen LogP) is 3.13. The molecule has 0 unspecified atom stereocenters. The zero-order valence-corrected chi connectivity index (χ0v) is 6.86. The van der Waals surface area contributed by atoms with Crippen LogP contribution in [0.3, 0.4) is 0 Å². The second-order valence-corrected chi connectivity index (χ2v) is 2.88. The molecule has 0 aliphatic heterocycles. The number of hydrogen-bond donors (Lipinski definition) is 0. The lowest BCUT2D eigenvalue weighted by Crippen LogP contribution is -1.68. The quantitative estimate of drug-likeness (QED) is 0.634. The van der Waals surface area contributed by atoms with Crippen molar-refractivity contribution in [1.82, 2.24) is 5.16 Å². The number of nitrogens with zero attached hydrogens (tertiary/aromatic N) is 1. The van der Waals surface area contributed by atoms with Crippen molar-refractivity contribution >= 4 is 34.2 Å². The van der Waals surface area contributed by atoms with Gasteiger partial charge in [-0.1, -0.05) is 28.4 Å². The number of halogens is 2. The highest BCUT2D eigenvalue weighted by atomic mass is 35.5. The van der Waals surface area contributed by atoms with Crippen LogP contribution in [-0.4, -0.2) is 5.16 Å². The van der Waals surface area contributed by atoms with Crippen LogP contribution in [0.2, 0.25) is 10.0 Å². The van der Waals surface area contributed by atoms with Gasteiger partial charge in [0.25, 0.3) is 0 Å². The summed E-state index contributed by atoms with van der Waals surface area (Å²) in [6.07, 6.45) is 1.55. The molecule has 0 atom stereocenters. The van der Waals surface area contributed by atoms with E-state index in [4.69, 9.17) is 27.7 Å². The first kappa shape index (κ1) is 6.95. The maximum Gasteiger partial charge on any atom is 0.168 e. The smallest absolute Gasteiger partial charge is 0.168 e. The van der Waals surface area contributed by atoms with Gasteiger partial charge in [-0.2, -0.15) is 0 Å². The highest BCUT2D eigenvalue weighted by Crippen LogP contribution is 2.29. The molecule has 1 aromatic heterocycles. The standard InChI is InChI=1S/C7H3Cl2NO/c8-5-1-2-6-4(7(5)9)3-10-11-6/h1-3H. The minimum atomic E-state index is 0.491. The van der Waals surface area contributed by atoms with Crippen LogP contribution in [0.25, 0.3) is 11.0 Å². The Morgan fingerprint density at radius 1 is 1.27 bits per heavy atom. The van der Waals surface area contributed by atoms with Gasteiger partial charge in [0, 0.05) is 0 Å². The Hall–Kier alpha value is -0.730. The number of benzene rings is 1. The van der Waals surface area contributed by atoms with Gasteiger partial charge in [0.15, 0.2) is 5.58 Å². The van der Waals surface area contributed by atoms with Gasteiger partial charge < -0.3 is 4.52 Å². The van der Waals surface area contributed by atoms with Crippen molar-refractivity contribution in [1.29, 1.82) is 0 Å². The van der Waals surface area contributed by atoms with Gasteiger partial charge in [0.2, 0.25) is 0 Å². The molecule has 0 saturated heterocycles. The van der Waals surface area contributed by atoms with Crippen LogP contribution in [0.15, 0.2) is 22.9 Å². The van der Waals surface area contributed by atoms with E-state index in [-0.39, 0.29) is 0 Å². The lowest BCUT2D eigenvalue weighted by Gasteiger charge is -1.92. The summed E-state index contributed by atoms with van der Waals surface area (Å²) in [5, 5.41) is 5.34. The van der Waals surface area contributed by atoms with Gasteiger partial charge in [0.05, 0.1) is 21.6 Å². The van der Waals surface area contributed by atoms with Gasteiger partial charge in [-0.25, -0.2) is 0 Å². The zero-order chi connectivity index (χ0) is 7.84. The zero-order valence-electron chi connectivity index (χ0n) is 5.34. The van der Waals surface area contributed by atoms with Crippen molar-refractivity contribution in [2.45, 2.75) is 0 Å². The average molecular weight is 188 g/mol. The minimum absolute atomic E-state index is 0.491. The fraction of sp³-hybridized carbons (Fsp3) is 0. The second-order valence-electron chi connectivity index (χ2n) is 2.10. The maximum absolute atomic E-state index is 5.84. The third-order valence-electron chi connectivity index (χ3n) is 1.43. The average Bonchev–Trinajstić information content (AvgIpc) is 2.45. The summed E-state index contributed by atoms with van der Waals surface area (Å²) < 4.78 is 4.86. The van der Waals surface area contributed by atoms with Crippen LogP contribution in [0, 0.1) is 0 Å². The van der Waals surface area contributed by atoms with Crippen molar-refractivity contribution in [2.75, 3.05) is 0 Å². The summed E-state index contributed by atoms with van der Waals surface area (Å²) in [5.74, 6) is 0. The Kier molecular flexibility index (Phi) is 1.51. The highest BCUT2D eigenvalue weighted by molar-refractivity contribution is 6.45. The largest absolute Gasteiger partial charge is 0.356 e. The minimum Gasteiger partial charge on any atom is -0.356 e. The molecule has 0 N–H and O–H groups in total. The third kappa shape index (κ3) is 0.988. The van der Waals surface area contributed by atoms with Gasteiger partial charge >= 0.3 is 0 Å². The fourth-order valence-electron chi connectivity index (χ4n) is 0.884. The summed E-state index contributed by atoms with van der Waals surface area (Å²) in [6, 6.07) is 3.41. The van der Waals surface area contributed by atoms with Crippen molar-refractivity contribution in [2.24, 2.45) is 0 Å². The molecule has 1 heterocycles. The van der Waals surface area contributed by atoms with E-state index < -0.39 is 0 Å². The van der Waals surface area contributed by atoms with E-state index >= 15 is 0 Å². The SMILES string of the molecule is Clc1ccc2oncc2c1Cl. The van der Waals surface area contributed by atoms with E-state index in [2.05, 4.69) is 5.16 Å². The highest BCUT2D eigenvalue weighted by Gasteiger charge is 2.05. The Bertz CT molecular complexity index is 396. The van der Waals surface area contributed by atoms with Crippen molar-refractivity contribution in [3.05, 3.63) is 28.4 Å². The van der Waals surface area contributed by atoms with E-state index in [1.165, 1.54) is 0 Å². The molecular formula is C7H3Cl2NO. The number of hydrogen-bond acceptors (Lipinski definition) is 2. The molecule has 2 nitrogen and oxygen atoms in total. The van der Waals surface area contributed by atoms with Crippen LogP contribution in [0.1, 0.15) is 0 Å². The molecule has 0 aliphatic rings. The molecule has 2 rings (SSSR count). The summed E-state index contributed by atoms with van der Waals surface area (Å²) in [4.78, 5) is 0. The number of fused-ring (bicyclic) bond motifs is 1. The van der Waals surface area contributed by atoms with Gasteiger partial charge in [-0.05, 0) is 12.1 Å². The molecule has 11 heavy (non-hydrogen) atoms. The normalized spacial score (nSPS) is 10.7. The monoisotopic (exact) mass is 187 g/mol. The first-order chi connectivity index (χ1) is 5.29. The first-order valence-electron chi connectivity index (χ1n) is 2.97. The maximum atomic E-state index is 5.84. The molecule has 1 aromatic carbocycles. The molecule has 0 aliphatic carbocycles. The number of aromatic nitrogens is 1. The van der Waals surface area contributed by atoms with E-state index in [0.29, 0.717) is 15.6 Å². The predicted molar refractivity (Wildman–Crippen MR) is 44.0 cm³/mol. The van der Waals surface area contributed by atoms with E-state index in [1.807, 2.05) is 0 Å². The van der Waals surface area contributed by atoms with Crippen molar-refractivity contribution in [3.8, 4) is 0 Å². The second kappa shape index (κ2) is 2.40. The van der Waals surface area contributed by atoms with Crippen LogP contribution in [0.5, 0.6) is 0 Å². The third-order valence-corrected chi connectivity index (χ3v) is 2.24. The van der Waals surface area contributed by atoms with Crippen molar-refractivity contribution < 1.29 is 4.52 Å². The molecule has 0 saturated carbocycles. The summed E-state index contributed by atoms with van der Waals surface area (Å²) in [5.41, 5.74) is 0.652. The summed E-state index contributed by atoms with van der Waals surface area (Å²) >= 11 is 11.6. The molecule has 56 valence electrons. The van der Waals surface area contributed by atoms with E-state index in [0.717, 1.165) is 5.39 Å². The molecule has 0 spiro atoms. The Morgan fingerprint density at radius 3 is 2.91 bits per heavy atom. The lowest BCUT2D eigenvalue weighted by molar-refractivity contribution is 0.456. The van der Waals surface area contributed by atoms with Gasteiger partial charge in [0.1, 0.15) is 0 Å². The van der Waals surface area contributed by atoms with Gasteiger partial charge in [-0.15, -0.1) is 0 Å². The first-order valence-corrected chi connectivity index (χ1v) is 3.73. The molecular weight excluding hydrogens is 185 g/mol. The molecule has 0 fully saturated rings. The Balaban J connectivity index is 2.93. The molecule has 2 aromatic rings. The topological polar surface area (TPSA) is 26.0 Å². The summed E-state index contributed by atoms with van der Waals surface area (Å²) in [7, 11) is 0. The molecule has 4 heteroatoms. The molecule has 0 amide bonds. The lowest BCUT2D eigenvalue weighted by atomic mass is 10.3. The Morgan fingerprint density at radius 2 is 2.09 bits per heavy atom. The van der Waals surface area contributed by atoms with Crippen molar-refractivity contribution in [3.63, 3.8) is 0 Å². The van der Waals surface area contributed by atoms with Crippen LogP contribution in [-0.2, 0) is 0 Å². The number of rotatable bonds is 0. The molecule has 0 radical (unpaired) electrons.